The number of hydrogen-bond donors (Lipinski definition) is 1. The highest BCUT2D eigenvalue weighted by Gasteiger charge is 2.26. The van der Waals surface area contributed by atoms with Gasteiger partial charge in [-0.1, -0.05) is 66.6 Å². The highest BCUT2D eigenvalue weighted by atomic mass is 35.5. The molecule has 1 atom stereocenters. The fourth-order valence-corrected chi connectivity index (χ4v) is 4.03. The van der Waals surface area contributed by atoms with Crippen LogP contribution in [0.3, 0.4) is 0 Å². The van der Waals surface area contributed by atoms with Crippen LogP contribution in [0.1, 0.15) is 36.4 Å². The maximum absolute atomic E-state index is 11.0. The highest BCUT2D eigenvalue weighted by molar-refractivity contribution is 6.30. The summed E-state index contributed by atoms with van der Waals surface area (Å²) < 4.78 is 0. The number of phenolic OH excluding ortho intramolecular Hbond substituents is 1. The van der Waals surface area contributed by atoms with Crippen LogP contribution in [0.4, 0.5) is 0 Å². The monoisotopic (exact) mass is 351 g/mol. The Bertz CT molecular complexity index is 869. The summed E-state index contributed by atoms with van der Waals surface area (Å²) in [5.41, 5.74) is 2.15. The molecule has 25 heavy (non-hydrogen) atoms. The minimum Gasteiger partial charge on any atom is -0.507 e. The number of halogens is 1. The van der Waals surface area contributed by atoms with Crippen LogP contribution < -0.4 is 0 Å². The zero-order valence-corrected chi connectivity index (χ0v) is 14.9. The average Bonchev–Trinajstić information content (AvgIpc) is 2.66. The van der Waals surface area contributed by atoms with Gasteiger partial charge in [-0.15, -0.1) is 0 Å². The van der Waals surface area contributed by atoms with Gasteiger partial charge in [0.15, 0.2) is 0 Å². The molecule has 0 amide bonds. The Balaban J connectivity index is 1.85. The summed E-state index contributed by atoms with van der Waals surface area (Å²) in [6.45, 7) is 2.11. The molecule has 0 aliphatic carbocycles. The molecule has 3 aromatic carbocycles. The molecule has 128 valence electrons. The van der Waals surface area contributed by atoms with Gasteiger partial charge >= 0.3 is 0 Å². The fraction of sp³-hybridized carbons (Fsp3) is 0.273. The van der Waals surface area contributed by atoms with Crippen LogP contribution in [-0.2, 0) is 0 Å². The minimum atomic E-state index is 0.0576. The SMILES string of the molecule is Oc1c(C(c2ccc(Cl)cc2)N2CCCCC2)ccc2ccccc12. The average molecular weight is 352 g/mol. The van der Waals surface area contributed by atoms with E-state index in [1.807, 2.05) is 36.4 Å². The third kappa shape index (κ3) is 3.24. The molecule has 1 aliphatic rings. The topological polar surface area (TPSA) is 23.5 Å². The van der Waals surface area contributed by atoms with Crippen LogP contribution in [0, 0.1) is 0 Å². The molecule has 1 saturated heterocycles. The van der Waals surface area contributed by atoms with Gasteiger partial charge < -0.3 is 5.11 Å². The van der Waals surface area contributed by atoms with Crippen molar-refractivity contribution in [1.82, 2.24) is 4.90 Å². The normalized spacial score (nSPS) is 16.8. The summed E-state index contributed by atoms with van der Waals surface area (Å²) in [7, 11) is 0. The quantitative estimate of drug-likeness (QED) is 0.647. The Morgan fingerprint density at radius 3 is 2.32 bits per heavy atom. The lowest BCUT2D eigenvalue weighted by molar-refractivity contribution is 0.185. The number of likely N-dealkylation sites (tertiary alicyclic amines) is 1. The van der Waals surface area contributed by atoms with E-state index in [-0.39, 0.29) is 6.04 Å². The van der Waals surface area contributed by atoms with Gasteiger partial charge in [0.1, 0.15) is 5.75 Å². The Morgan fingerprint density at radius 2 is 1.56 bits per heavy atom. The van der Waals surface area contributed by atoms with Gasteiger partial charge in [-0.2, -0.15) is 0 Å². The van der Waals surface area contributed by atoms with Gasteiger partial charge in [0.05, 0.1) is 6.04 Å². The van der Waals surface area contributed by atoms with E-state index in [1.165, 1.54) is 24.8 Å². The van der Waals surface area contributed by atoms with Crippen molar-refractivity contribution in [3.8, 4) is 5.75 Å². The zero-order chi connectivity index (χ0) is 17.2. The van der Waals surface area contributed by atoms with Crippen molar-refractivity contribution in [3.63, 3.8) is 0 Å². The van der Waals surface area contributed by atoms with Gasteiger partial charge in [-0.3, -0.25) is 4.90 Å². The maximum atomic E-state index is 11.0. The first-order valence-electron chi connectivity index (χ1n) is 8.94. The number of aromatic hydroxyl groups is 1. The molecule has 0 aromatic heterocycles. The van der Waals surface area contributed by atoms with Crippen LogP contribution >= 0.6 is 11.6 Å². The van der Waals surface area contributed by atoms with E-state index >= 15 is 0 Å². The molecule has 0 bridgehead atoms. The van der Waals surface area contributed by atoms with Crippen LogP contribution in [-0.4, -0.2) is 23.1 Å². The molecule has 1 fully saturated rings. The summed E-state index contributed by atoms with van der Waals surface area (Å²) in [6.07, 6.45) is 3.70. The molecule has 3 aromatic rings. The summed E-state index contributed by atoms with van der Waals surface area (Å²) in [4.78, 5) is 2.48. The van der Waals surface area contributed by atoms with Gasteiger partial charge in [0, 0.05) is 16.0 Å². The number of piperidine rings is 1. The predicted octanol–water partition coefficient (Wildman–Crippen LogP) is 5.77. The molecule has 3 heteroatoms. The molecule has 1 N–H and O–H groups in total. The second-order valence-corrected chi connectivity index (χ2v) is 7.21. The smallest absolute Gasteiger partial charge is 0.128 e. The number of nitrogens with zero attached hydrogens (tertiary/aromatic N) is 1. The molecule has 0 radical (unpaired) electrons. The van der Waals surface area contributed by atoms with Crippen LogP contribution in [0.2, 0.25) is 5.02 Å². The van der Waals surface area contributed by atoms with Crippen LogP contribution in [0.25, 0.3) is 10.8 Å². The summed E-state index contributed by atoms with van der Waals surface area (Å²) in [5, 5.41) is 13.7. The van der Waals surface area contributed by atoms with Crippen molar-refractivity contribution < 1.29 is 5.11 Å². The van der Waals surface area contributed by atoms with Crippen LogP contribution in [0.15, 0.2) is 60.7 Å². The first-order chi connectivity index (χ1) is 12.2. The fourth-order valence-electron chi connectivity index (χ4n) is 3.90. The van der Waals surface area contributed by atoms with Gasteiger partial charge in [0.2, 0.25) is 0 Å². The highest BCUT2D eigenvalue weighted by Crippen LogP contribution is 2.39. The number of phenols is 1. The van der Waals surface area contributed by atoms with E-state index in [2.05, 4.69) is 29.2 Å². The molecule has 0 spiro atoms. The maximum Gasteiger partial charge on any atom is 0.128 e. The van der Waals surface area contributed by atoms with E-state index in [1.54, 1.807) is 0 Å². The summed E-state index contributed by atoms with van der Waals surface area (Å²) >= 11 is 6.09. The Kier molecular flexibility index (Phi) is 4.65. The molecule has 1 heterocycles. The van der Waals surface area contributed by atoms with Crippen molar-refractivity contribution in [1.29, 1.82) is 0 Å². The summed E-state index contributed by atoms with van der Waals surface area (Å²) in [6, 6.07) is 20.3. The Hall–Kier alpha value is -2.03. The third-order valence-corrected chi connectivity index (χ3v) is 5.42. The molecule has 2 nitrogen and oxygen atoms in total. The van der Waals surface area contributed by atoms with Crippen LogP contribution in [0.5, 0.6) is 5.75 Å². The molecule has 1 aliphatic heterocycles. The molecule has 1 unspecified atom stereocenters. The van der Waals surface area contributed by atoms with Crippen molar-refractivity contribution in [3.05, 3.63) is 76.8 Å². The number of rotatable bonds is 3. The second-order valence-electron chi connectivity index (χ2n) is 6.78. The molecular weight excluding hydrogens is 330 g/mol. The second kappa shape index (κ2) is 7.07. The molecule has 4 rings (SSSR count). The Labute approximate surface area is 153 Å². The molecule has 0 saturated carbocycles. The molecular formula is C22H22ClNO. The first-order valence-corrected chi connectivity index (χ1v) is 9.32. The predicted molar refractivity (Wildman–Crippen MR) is 104 cm³/mol. The number of fused-ring (bicyclic) bond motifs is 1. The van der Waals surface area contributed by atoms with Crippen molar-refractivity contribution in [2.24, 2.45) is 0 Å². The zero-order valence-electron chi connectivity index (χ0n) is 14.2. The largest absolute Gasteiger partial charge is 0.507 e. The van der Waals surface area contributed by atoms with Crippen molar-refractivity contribution in [2.75, 3.05) is 13.1 Å². The Morgan fingerprint density at radius 1 is 0.840 bits per heavy atom. The lowest BCUT2D eigenvalue weighted by Gasteiger charge is -2.35. The lowest BCUT2D eigenvalue weighted by Crippen LogP contribution is -2.34. The number of benzene rings is 3. The van der Waals surface area contributed by atoms with Gasteiger partial charge in [0.25, 0.3) is 0 Å². The summed E-state index contributed by atoms with van der Waals surface area (Å²) in [5.74, 6) is 0.392. The van der Waals surface area contributed by atoms with Crippen molar-refractivity contribution >= 4 is 22.4 Å². The van der Waals surface area contributed by atoms with E-state index in [0.29, 0.717) is 5.75 Å². The van der Waals surface area contributed by atoms with Crippen molar-refractivity contribution in [2.45, 2.75) is 25.3 Å². The van der Waals surface area contributed by atoms with Gasteiger partial charge in [-0.25, -0.2) is 0 Å². The minimum absolute atomic E-state index is 0.0576. The lowest BCUT2D eigenvalue weighted by atomic mass is 9.92. The third-order valence-electron chi connectivity index (χ3n) is 5.17. The number of hydrogen-bond acceptors (Lipinski definition) is 2. The first kappa shape index (κ1) is 16.4. The van der Waals surface area contributed by atoms with Gasteiger partial charge in [-0.05, 0) is 49.0 Å². The van der Waals surface area contributed by atoms with E-state index in [9.17, 15) is 5.11 Å². The van der Waals surface area contributed by atoms with E-state index in [0.717, 1.165) is 34.4 Å². The van der Waals surface area contributed by atoms with E-state index in [4.69, 9.17) is 11.6 Å². The van der Waals surface area contributed by atoms with E-state index < -0.39 is 0 Å². The standard InChI is InChI=1S/C22H22ClNO/c23-18-11-8-17(9-12-18)21(24-14-4-1-5-15-24)20-13-10-16-6-2-3-7-19(16)22(20)25/h2-3,6-13,21,25H,1,4-5,14-15H2.